The molecule has 1 aromatic heterocycles. The van der Waals surface area contributed by atoms with E-state index in [0.717, 1.165) is 13.1 Å². The largest absolute Gasteiger partial charge is 0.503 e. The molecule has 0 bridgehead atoms. The lowest BCUT2D eigenvalue weighted by atomic mass is 9.95. The van der Waals surface area contributed by atoms with Crippen LogP contribution in [-0.4, -0.2) is 65.9 Å². The highest BCUT2D eigenvalue weighted by Crippen LogP contribution is 2.38. The molecule has 0 fully saturated rings. The minimum atomic E-state index is -0.784. The molecule has 1 atom stereocenters. The Balaban J connectivity index is 1.96. The Hall–Kier alpha value is -3.65. The first-order valence-corrected chi connectivity index (χ1v) is 10.8. The zero-order valence-corrected chi connectivity index (χ0v) is 19.0. The van der Waals surface area contributed by atoms with Crippen molar-refractivity contribution in [3.63, 3.8) is 0 Å². The number of nitrogens with zero attached hydrogens (tertiary/aromatic N) is 2. The molecule has 0 aliphatic carbocycles. The van der Waals surface area contributed by atoms with Gasteiger partial charge >= 0.3 is 5.97 Å². The molecular formula is C25H28N2O6. The van der Waals surface area contributed by atoms with E-state index in [0.29, 0.717) is 30.0 Å². The van der Waals surface area contributed by atoms with Crippen molar-refractivity contribution in [3.05, 3.63) is 77.0 Å². The van der Waals surface area contributed by atoms with Crippen molar-refractivity contribution >= 4 is 23.7 Å². The van der Waals surface area contributed by atoms with Gasteiger partial charge in [-0.15, -0.1) is 0 Å². The number of rotatable bonds is 10. The number of hydrogen-bond donors (Lipinski definition) is 1. The van der Waals surface area contributed by atoms with Crippen molar-refractivity contribution < 1.29 is 28.6 Å². The van der Waals surface area contributed by atoms with Gasteiger partial charge in [0.15, 0.2) is 11.5 Å². The summed E-state index contributed by atoms with van der Waals surface area (Å²) in [6, 6.07) is 9.08. The number of carbonyl (C=O) groups is 3. The third-order valence-electron chi connectivity index (χ3n) is 5.71. The Morgan fingerprint density at radius 1 is 1.18 bits per heavy atom. The highest BCUT2D eigenvalue weighted by atomic mass is 16.5. The van der Waals surface area contributed by atoms with E-state index in [4.69, 9.17) is 9.15 Å². The predicted molar refractivity (Wildman–Crippen MR) is 122 cm³/mol. The van der Waals surface area contributed by atoms with Crippen LogP contribution in [0.15, 0.2) is 64.5 Å². The molecule has 33 heavy (non-hydrogen) atoms. The number of ether oxygens (including phenoxy) is 1. The van der Waals surface area contributed by atoms with E-state index < -0.39 is 29.5 Å². The van der Waals surface area contributed by atoms with Crippen molar-refractivity contribution in [2.24, 2.45) is 0 Å². The van der Waals surface area contributed by atoms with Crippen LogP contribution in [0.5, 0.6) is 0 Å². The number of carbonyl (C=O) groups excluding carboxylic acids is 3. The predicted octanol–water partition coefficient (Wildman–Crippen LogP) is 3.39. The highest BCUT2D eigenvalue weighted by Gasteiger charge is 2.42. The summed E-state index contributed by atoms with van der Waals surface area (Å²) in [4.78, 5) is 41.5. The van der Waals surface area contributed by atoms with Gasteiger partial charge in [0.25, 0.3) is 5.91 Å². The van der Waals surface area contributed by atoms with E-state index in [1.165, 1.54) is 30.4 Å². The Morgan fingerprint density at radius 3 is 2.45 bits per heavy atom. The molecule has 1 aliphatic heterocycles. The molecule has 1 aliphatic rings. The van der Waals surface area contributed by atoms with Crippen molar-refractivity contribution in [1.82, 2.24) is 9.80 Å². The minimum Gasteiger partial charge on any atom is -0.503 e. The SMILES string of the molecule is CCN(CC)CCN1C(=O)C(O)=C(C(=O)/C=C/c2ccco2)[C@H]1c1ccc(C(=O)OC)cc1. The lowest BCUT2D eigenvalue weighted by Gasteiger charge is -2.29. The molecule has 2 aromatic rings. The van der Waals surface area contributed by atoms with E-state index in [2.05, 4.69) is 4.90 Å². The minimum absolute atomic E-state index is 0.00632. The number of aliphatic hydroxyl groups is 1. The van der Waals surface area contributed by atoms with Gasteiger partial charge < -0.3 is 24.1 Å². The van der Waals surface area contributed by atoms with Crippen molar-refractivity contribution in [2.45, 2.75) is 19.9 Å². The number of allylic oxidation sites excluding steroid dienone is 1. The molecule has 0 radical (unpaired) electrons. The third-order valence-corrected chi connectivity index (χ3v) is 5.71. The van der Waals surface area contributed by atoms with Gasteiger partial charge in [0.05, 0.1) is 30.6 Å². The van der Waals surface area contributed by atoms with Crippen LogP contribution < -0.4 is 0 Å². The smallest absolute Gasteiger partial charge is 0.337 e. The quantitative estimate of drug-likeness (QED) is 0.436. The maximum absolute atomic E-state index is 13.1. The summed E-state index contributed by atoms with van der Waals surface area (Å²) in [6.07, 6.45) is 4.25. The summed E-state index contributed by atoms with van der Waals surface area (Å²) in [5.74, 6) is -1.67. The van der Waals surface area contributed by atoms with E-state index in [1.807, 2.05) is 13.8 Å². The first-order chi connectivity index (χ1) is 15.9. The summed E-state index contributed by atoms with van der Waals surface area (Å²) in [7, 11) is 1.30. The van der Waals surface area contributed by atoms with Crippen LogP contribution in [0.25, 0.3) is 6.08 Å². The van der Waals surface area contributed by atoms with Crippen LogP contribution in [0, 0.1) is 0 Å². The number of aliphatic hydroxyl groups excluding tert-OH is 1. The Labute approximate surface area is 192 Å². The topological polar surface area (TPSA) is 100 Å². The molecule has 174 valence electrons. The molecular weight excluding hydrogens is 424 g/mol. The van der Waals surface area contributed by atoms with Gasteiger partial charge in [-0.3, -0.25) is 9.59 Å². The molecule has 2 heterocycles. The number of benzene rings is 1. The summed E-state index contributed by atoms with van der Waals surface area (Å²) in [5.41, 5.74) is 0.946. The molecule has 0 unspecified atom stereocenters. The molecule has 1 aromatic carbocycles. The van der Waals surface area contributed by atoms with Crippen LogP contribution in [0.4, 0.5) is 0 Å². The number of amides is 1. The number of furan rings is 1. The van der Waals surface area contributed by atoms with Crippen LogP contribution in [0.2, 0.25) is 0 Å². The monoisotopic (exact) mass is 452 g/mol. The van der Waals surface area contributed by atoms with Gasteiger partial charge in [-0.05, 0) is 55.1 Å². The molecule has 8 heteroatoms. The number of hydrogen-bond acceptors (Lipinski definition) is 7. The zero-order valence-electron chi connectivity index (χ0n) is 19.0. The van der Waals surface area contributed by atoms with Gasteiger partial charge in [-0.25, -0.2) is 4.79 Å². The second-order valence-corrected chi connectivity index (χ2v) is 7.52. The van der Waals surface area contributed by atoms with Gasteiger partial charge in [-0.1, -0.05) is 26.0 Å². The third kappa shape index (κ3) is 5.23. The number of esters is 1. The summed E-state index contributed by atoms with van der Waals surface area (Å²) < 4.78 is 9.96. The zero-order chi connectivity index (χ0) is 24.0. The fourth-order valence-electron chi connectivity index (χ4n) is 3.82. The maximum Gasteiger partial charge on any atom is 0.337 e. The van der Waals surface area contributed by atoms with Crippen LogP contribution in [0.1, 0.15) is 41.6 Å². The Bertz CT molecular complexity index is 1050. The first kappa shape index (κ1) is 24.0. The maximum atomic E-state index is 13.1. The first-order valence-electron chi connectivity index (χ1n) is 10.8. The van der Waals surface area contributed by atoms with E-state index in [-0.39, 0.29) is 5.57 Å². The summed E-state index contributed by atoms with van der Waals surface area (Å²) in [5, 5.41) is 10.7. The van der Waals surface area contributed by atoms with E-state index in [9.17, 15) is 19.5 Å². The van der Waals surface area contributed by atoms with Crippen LogP contribution in [0.3, 0.4) is 0 Å². The van der Waals surface area contributed by atoms with Gasteiger partial charge in [-0.2, -0.15) is 0 Å². The second-order valence-electron chi connectivity index (χ2n) is 7.52. The van der Waals surface area contributed by atoms with E-state index in [1.54, 1.807) is 36.4 Å². The number of ketones is 1. The fraction of sp³-hybridized carbons (Fsp3) is 0.320. The lowest BCUT2D eigenvalue weighted by molar-refractivity contribution is -0.129. The molecule has 8 nitrogen and oxygen atoms in total. The molecule has 0 saturated carbocycles. The van der Waals surface area contributed by atoms with E-state index >= 15 is 0 Å². The van der Waals surface area contributed by atoms with Gasteiger partial charge in [0.2, 0.25) is 0 Å². The number of methoxy groups -OCH3 is 1. The number of likely N-dealkylation sites (N-methyl/N-ethyl adjacent to an activating group) is 1. The van der Waals surface area contributed by atoms with Crippen LogP contribution in [-0.2, 0) is 14.3 Å². The fourth-order valence-corrected chi connectivity index (χ4v) is 3.82. The second kappa shape index (κ2) is 10.8. The molecule has 0 saturated heterocycles. The molecule has 0 spiro atoms. The lowest BCUT2D eigenvalue weighted by Crippen LogP contribution is -2.38. The summed E-state index contributed by atoms with van der Waals surface area (Å²) >= 11 is 0. The molecule has 3 rings (SSSR count). The van der Waals surface area contributed by atoms with Crippen molar-refractivity contribution in [3.8, 4) is 0 Å². The van der Waals surface area contributed by atoms with Crippen molar-refractivity contribution in [1.29, 1.82) is 0 Å². The molecule has 1 amide bonds. The van der Waals surface area contributed by atoms with Crippen LogP contribution >= 0.6 is 0 Å². The van der Waals surface area contributed by atoms with Gasteiger partial charge in [0.1, 0.15) is 5.76 Å². The average molecular weight is 453 g/mol. The highest BCUT2D eigenvalue weighted by molar-refractivity contribution is 6.14. The summed E-state index contributed by atoms with van der Waals surface area (Å²) in [6.45, 7) is 6.60. The standard InChI is InChI=1S/C25H28N2O6/c1-4-26(5-2)14-15-27-22(17-8-10-18(11-9-17)25(31)32-3)21(23(29)24(27)30)20(28)13-12-19-7-6-16-33-19/h6-13,16,22,29H,4-5,14-15H2,1-3H3/b13-12+/t22-/m1/s1. The molecule has 1 N–H and O–H groups in total. The van der Waals surface area contributed by atoms with Crippen molar-refractivity contribution in [2.75, 3.05) is 33.3 Å². The Morgan fingerprint density at radius 2 is 1.88 bits per heavy atom. The van der Waals surface area contributed by atoms with Gasteiger partial charge in [0, 0.05) is 13.1 Å². The normalized spacial score (nSPS) is 16.3. The Kier molecular flexibility index (Phi) is 7.84. The average Bonchev–Trinajstić information content (AvgIpc) is 3.45.